The number of anilines is 1. The topological polar surface area (TPSA) is 55.4 Å². The van der Waals surface area contributed by atoms with Gasteiger partial charge < -0.3 is 4.74 Å². The minimum Gasteiger partial charge on any atom is -0.457 e. The maximum Gasteiger partial charge on any atom is 0.261 e. The molecule has 0 fully saturated rings. The maximum absolute atomic E-state index is 12.4. The van der Waals surface area contributed by atoms with Gasteiger partial charge >= 0.3 is 0 Å². The highest BCUT2D eigenvalue weighted by molar-refractivity contribution is 7.92. The van der Waals surface area contributed by atoms with Gasteiger partial charge in [-0.05, 0) is 55.5 Å². The van der Waals surface area contributed by atoms with Crippen molar-refractivity contribution in [2.45, 2.75) is 11.8 Å². The Hall–Kier alpha value is -2.79. The second-order valence-corrected chi connectivity index (χ2v) is 7.04. The Morgan fingerprint density at radius 3 is 1.96 bits per heavy atom. The molecule has 0 aliphatic heterocycles. The van der Waals surface area contributed by atoms with E-state index in [-0.39, 0.29) is 4.90 Å². The predicted octanol–water partition coefficient (Wildman–Crippen LogP) is 4.59. The fourth-order valence-electron chi connectivity index (χ4n) is 2.15. The Kier molecular flexibility index (Phi) is 4.53. The number of aryl methyl sites for hydroxylation is 1. The highest BCUT2D eigenvalue weighted by atomic mass is 32.2. The first-order chi connectivity index (χ1) is 11.5. The quantitative estimate of drug-likeness (QED) is 0.740. The highest BCUT2D eigenvalue weighted by Gasteiger charge is 2.14. The van der Waals surface area contributed by atoms with Crippen molar-refractivity contribution in [2.75, 3.05) is 4.72 Å². The summed E-state index contributed by atoms with van der Waals surface area (Å²) < 4.78 is 33.0. The summed E-state index contributed by atoms with van der Waals surface area (Å²) in [5.41, 5.74) is 1.60. The van der Waals surface area contributed by atoms with Crippen LogP contribution in [0.5, 0.6) is 11.5 Å². The molecule has 0 aliphatic carbocycles. The molecule has 5 heteroatoms. The smallest absolute Gasteiger partial charge is 0.261 e. The van der Waals surface area contributed by atoms with E-state index in [1.165, 1.54) is 12.1 Å². The molecule has 0 amide bonds. The molecule has 0 unspecified atom stereocenters. The molecule has 0 heterocycles. The molecule has 0 saturated heterocycles. The number of para-hydroxylation sites is 1. The van der Waals surface area contributed by atoms with E-state index in [0.29, 0.717) is 17.2 Å². The van der Waals surface area contributed by atoms with E-state index >= 15 is 0 Å². The summed E-state index contributed by atoms with van der Waals surface area (Å²) in [7, 11) is -3.62. The van der Waals surface area contributed by atoms with Crippen LogP contribution in [0.3, 0.4) is 0 Å². The van der Waals surface area contributed by atoms with Gasteiger partial charge in [0.2, 0.25) is 0 Å². The molecule has 3 aromatic rings. The lowest BCUT2D eigenvalue weighted by molar-refractivity contribution is 0.482. The first-order valence-electron chi connectivity index (χ1n) is 7.45. The van der Waals surface area contributed by atoms with Gasteiger partial charge in [0, 0.05) is 5.69 Å². The van der Waals surface area contributed by atoms with Gasteiger partial charge in [0.15, 0.2) is 0 Å². The average molecular weight is 339 g/mol. The van der Waals surface area contributed by atoms with Crippen LogP contribution in [0.15, 0.2) is 83.8 Å². The first-order valence-corrected chi connectivity index (χ1v) is 8.94. The van der Waals surface area contributed by atoms with Crippen molar-refractivity contribution in [1.82, 2.24) is 0 Å². The standard InChI is InChI=1S/C19H17NO3S/c1-15-7-9-16(10-8-15)20-24(21,22)19-13-11-18(12-14-19)23-17-5-3-2-4-6-17/h2-14,20H,1H3. The van der Waals surface area contributed by atoms with E-state index in [1.807, 2.05) is 49.4 Å². The van der Waals surface area contributed by atoms with Crippen LogP contribution in [-0.4, -0.2) is 8.42 Å². The van der Waals surface area contributed by atoms with Gasteiger partial charge in [-0.25, -0.2) is 8.42 Å². The van der Waals surface area contributed by atoms with Gasteiger partial charge in [-0.2, -0.15) is 0 Å². The van der Waals surface area contributed by atoms with Gasteiger partial charge in [0.05, 0.1) is 4.90 Å². The predicted molar refractivity (Wildman–Crippen MR) is 94.9 cm³/mol. The normalized spacial score (nSPS) is 11.0. The lowest BCUT2D eigenvalue weighted by Gasteiger charge is -2.10. The number of benzene rings is 3. The van der Waals surface area contributed by atoms with Crippen molar-refractivity contribution in [3.8, 4) is 11.5 Å². The molecule has 0 bridgehead atoms. The van der Waals surface area contributed by atoms with E-state index in [9.17, 15) is 8.42 Å². The number of rotatable bonds is 5. The van der Waals surface area contributed by atoms with E-state index in [2.05, 4.69) is 4.72 Å². The molecular formula is C19H17NO3S. The third kappa shape index (κ3) is 3.94. The van der Waals surface area contributed by atoms with Crippen molar-refractivity contribution < 1.29 is 13.2 Å². The Bertz CT molecular complexity index is 903. The zero-order valence-electron chi connectivity index (χ0n) is 13.1. The van der Waals surface area contributed by atoms with Crippen LogP contribution in [0, 0.1) is 6.92 Å². The van der Waals surface area contributed by atoms with Crippen LogP contribution in [0.25, 0.3) is 0 Å². The van der Waals surface area contributed by atoms with Crippen molar-refractivity contribution in [3.63, 3.8) is 0 Å². The number of ether oxygens (including phenoxy) is 1. The van der Waals surface area contributed by atoms with Gasteiger partial charge in [-0.15, -0.1) is 0 Å². The highest BCUT2D eigenvalue weighted by Crippen LogP contribution is 2.23. The van der Waals surface area contributed by atoms with Crippen LogP contribution in [0.4, 0.5) is 5.69 Å². The van der Waals surface area contributed by atoms with Crippen LogP contribution in [-0.2, 0) is 10.0 Å². The molecule has 0 spiro atoms. The first kappa shape index (κ1) is 16.1. The summed E-state index contributed by atoms with van der Waals surface area (Å²) in [5.74, 6) is 1.28. The molecule has 0 radical (unpaired) electrons. The molecule has 0 saturated carbocycles. The molecular weight excluding hydrogens is 322 g/mol. The van der Waals surface area contributed by atoms with Crippen molar-refractivity contribution in [3.05, 3.63) is 84.4 Å². The minimum absolute atomic E-state index is 0.184. The number of hydrogen-bond donors (Lipinski definition) is 1. The molecule has 0 atom stereocenters. The molecule has 24 heavy (non-hydrogen) atoms. The summed E-state index contributed by atoms with van der Waals surface area (Å²) in [5, 5.41) is 0. The third-order valence-electron chi connectivity index (χ3n) is 3.42. The van der Waals surface area contributed by atoms with E-state index < -0.39 is 10.0 Å². The number of hydrogen-bond acceptors (Lipinski definition) is 3. The lowest BCUT2D eigenvalue weighted by Crippen LogP contribution is -2.12. The minimum atomic E-state index is -3.62. The Labute approximate surface area is 141 Å². The van der Waals surface area contributed by atoms with E-state index in [0.717, 1.165) is 5.56 Å². The summed E-state index contributed by atoms with van der Waals surface area (Å²) in [4.78, 5) is 0.184. The fourth-order valence-corrected chi connectivity index (χ4v) is 3.21. The molecule has 0 aliphatic rings. The zero-order chi connectivity index (χ0) is 17.0. The summed E-state index contributed by atoms with van der Waals surface area (Å²) in [6.07, 6.45) is 0. The number of nitrogens with one attached hydrogen (secondary N) is 1. The average Bonchev–Trinajstić information content (AvgIpc) is 2.58. The molecule has 4 nitrogen and oxygen atoms in total. The second kappa shape index (κ2) is 6.76. The molecule has 3 rings (SSSR count). The molecule has 3 aromatic carbocycles. The zero-order valence-corrected chi connectivity index (χ0v) is 14.0. The van der Waals surface area contributed by atoms with E-state index in [1.54, 1.807) is 24.3 Å². The third-order valence-corrected chi connectivity index (χ3v) is 4.81. The van der Waals surface area contributed by atoms with Crippen molar-refractivity contribution in [1.29, 1.82) is 0 Å². The van der Waals surface area contributed by atoms with Crippen molar-refractivity contribution >= 4 is 15.7 Å². The van der Waals surface area contributed by atoms with Crippen LogP contribution in [0.1, 0.15) is 5.56 Å². The Morgan fingerprint density at radius 2 is 1.33 bits per heavy atom. The maximum atomic E-state index is 12.4. The van der Waals surface area contributed by atoms with E-state index in [4.69, 9.17) is 4.74 Å². The van der Waals surface area contributed by atoms with Gasteiger partial charge in [0.25, 0.3) is 10.0 Å². The van der Waals surface area contributed by atoms with Gasteiger partial charge in [0.1, 0.15) is 11.5 Å². The largest absolute Gasteiger partial charge is 0.457 e. The summed E-state index contributed by atoms with van der Waals surface area (Å²) >= 11 is 0. The molecule has 1 N–H and O–H groups in total. The van der Waals surface area contributed by atoms with Crippen LogP contribution in [0.2, 0.25) is 0 Å². The molecule has 0 aromatic heterocycles. The van der Waals surface area contributed by atoms with Crippen LogP contribution < -0.4 is 9.46 Å². The van der Waals surface area contributed by atoms with Gasteiger partial charge in [-0.3, -0.25) is 4.72 Å². The van der Waals surface area contributed by atoms with Crippen molar-refractivity contribution in [2.24, 2.45) is 0 Å². The fraction of sp³-hybridized carbons (Fsp3) is 0.0526. The molecule has 122 valence electrons. The lowest BCUT2D eigenvalue weighted by atomic mass is 10.2. The summed E-state index contributed by atoms with van der Waals surface area (Å²) in [6, 6.07) is 22.8. The summed E-state index contributed by atoms with van der Waals surface area (Å²) in [6.45, 7) is 1.95. The monoisotopic (exact) mass is 339 g/mol. The second-order valence-electron chi connectivity index (χ2n) is 5.36. The SMILES string of the molecule is Cc1ccc(NS(=O)(=O)c2ccc(Oc3ccccc3)cc2)cc1. The van der Waals surface area contributed by atoms with Gasteiger partial charge in [-0.1, -0.05) is 35.9 Å². The Balaban J connectivity index is 1.75. The van der Waals surface area contributed by atoms with Crippen LogP contribution >= 0.6 is 0 Å². The number of sulfonamides is 1. The Morgan fingerprint density at radius 1 is 0.750 bits per heavy atom.